The molecule has 0 radical (unpaired) electrons. The molecule has 0 amide bonds. The van der Waals surface area contributed by atoms with Gasteiger partial charge in [0.1, 0.15) is 17.2 Å². The molecule has 138 valence electrons. The van der Waals surface area contributed by atoms with Crippen LogP contribution in [0, 0.1) is 0 Å². The van der Waals surface area contributed by atoms with E-state index in [0.29, 0.717) is 22.6 Å². The number of para-hydroxylation sites is 1. The van der Waals surface area contributed by atoms with E-state index in [1.165, 1.54) is 6.08 Å². The fourth-order valence-corrected chi connectivity index (χ4v) is 3.74. The van der Waals surface area contributed by atoms with Crippen molar-refractivity contribution >= 4 is 22.8 Å². The Kier molecular flexibility index (Phi) is 4.03. The van der Waals surface area contributed by atoms with Crippen LogP contribution in [0.15, 0.2) is 107 Å². The first-order valence-corrected chi connectivity index (χ1v) is 9.30. The number of hydrogen-bond acceptors (Lipinski definition) is 4. The van der Waals surface area contributed by atoms with E-state index >= 15 is 0 Å². The molecule has 0 unspecified atom stereocenters. The van der Waals surface area contributed by atoms with Gasteiger partial charge >= 0.3 is 0 Å². The molecule has 0 saturated heterocycles. The number of rotatable bonds is 3. The van der Waals surface area contributed by atoms with Gasteiger partial charge in [-0.25, -0.2) is 0 Å². The zero-order valence-corrected chi connectivity index (χ0v) is 15.4. The second-order valence-corrected chi connectivity index (χ2v) is 6.81. The van der Waals surface area contributed by atoms with Crippen LogP contribution in [0.1, 0.15) is 11.1 Å². The molecule has 29 heavy (non-hydrogen) atoms. The normalized spacial score (nSPS) is 15.2. The fourth-order valence-electron chi connectivity index (χ4n) is 3.74. The molecule has 0 aromatic heterocycles. The van der Waals surface area contributed by atoms with E-state index in [1.54, 1.807) is 18.2 Å². The predicted molar refractivity (Wildman–Crippen MR) is 115 cm³/mol. The van der Waals surface area contributed by atoms with E-state index < -0.39 is 0 Å². The Morgan fingerprint density at radius 2 is 1.24 bits per heavy atom. The Morgan fingerprint density at radius 3 is 2.00 bits per heavy atom. The van der Waals surface area contributed by atoms with Crippen molar-refractivity contribution in [1.82, 2.24) is 0 Å². The van der Waals surface area contributed by atoms with Crippen LogP contribution < -0.4 is 0 Å². The van der Waals surface area contributed by atoms with Gasteiger partial charge in [0, 0.05) is 11.1 Å². The second-order valence-electron chi connectivity index (χ2n) is 6.81. The van der Waals surface area contributed by atoms with Crippen LogP contribution in [-0.4, -0.2) is 22.3 Å². The first kappa shape index (κ1) is 17.1. The number of benzene rings is 3. The molecular weight excluding hydrogens is 360 g/mol. The molecular formula is C25H16N2O2. The van der Waals surface area contributed by atoms with Gasteiger partial charge in [-0.3, -0.25) is 4.79 Å². The average Bonchev–Trinajstić information content (AvgIpc) is 3.21. The first-order valence-electron chi connectivity index (χ1n) is 9.30. The summed E-state index contributed by atoms with van der Waals surface area (Å²) in [6.45, 7) is 0. The van der Waals surface area contributed by atoms with Crippen molar-refractivity contribution in [3.8, 4) is 16.9 Å². The summed E-state index contributed by atoms with van der Waals surface area (Å²) < 4.78 is 0. The molecule has 4 heteroatoms. The minimum atomic E-state index is -0.185. The number of nitrogens with zero attached hydrogens (tertiary/aromatic N) is 2. The second kappa shape index (κ2) is 6.84. The summed E-state index contributed by atoms with van der Waals surface area (Å²) in [7, 11) is 0. The summed E-state index contributed by atoms with van der Waals surface area (Å²) in [5.41, 5.74) is 6.01. The highest BCUT2D eigenvalue weighted by molar-refractivity contribution is 6.61. The summed E-state index contributed by atoms with van der Waals surface area (Å²) in [6.07, 6.45) is 3.35. The molecule has 0 bridgehead atoms. The van der Waals surface area contributed by atoms with Crippen LogP contribution in [-0.2, 0) is 4.79 Å². The standard InChI is InChI=1S/C25H16N2O2/c28-21-13-7-6-12-20(21)24-23-19(14-15-22(29)25(23)27-26-24)18-11-5-4-10-17(18)16-8-2-1-3-9-16/h1-15,28H. The van der Waals surface area contributed by atoms with Crippen LogP contribution in [0.3, 0.4) is 0 Å². The lowest BCUT2D eigenvalue weighted by Gasteiger charge is -2.18. The van der Waals surface area contributed by atoms with Crippen molar-refractivity contribution in [2.24, 2.45) is 10.2 Å². The summed E-state index contributed by atoms with van der Waals surface area (Å²) in [5, 5.41) is 18.8. The van der Waals surface area contributed by atoms with Gasteiger partial charge in [-0.2, -0.15) is 0 Å². The quantitative estimate of drug-likeness (QED) is 0.667. The highest BCUT2D eigenvalue weighted by Gasteiger charge is 2.33. The van der Waals surface area contributed by atoms with Crippen LogP contribution in [0.2, 0.25) is 0 Å². The minimum absolute atomic E-state index is 0.105. The number of fused-ring (bicyclic) bond motifs is 1. The van der Waals surface area contributed by atoms with Gasteiger partial charge in [0.25, 0.3) is 0 Å². The SMILES string of the molecule is O=C1C=CC(c2ccccc2-c2ccccc2)=C2C1=NN=C2c1ccccc1O. The number of phenolic OH excluding ortho intramolecular Hbond substituents is 1. The zero-order chi connectivity index (χ0) is 19.8. The maximum absolute atomic E-state index is 12.5. The third-order valence-corrected chi connectivity index (χ3v) is 5.09. The van der Waals surface area contributed by atoms with Crippen molar-refractivity contribution < 1.29 is 9.90 Å². The number of ketones is 1. The van der Waals surface area contributed by atoms with E-state index in [2.05, 4.69) is 28.4 Å². The monoisotopic (exact) mass is 376 g/mol. The summed E-state index contributed by atoms with van der Waals surface area (Å²) in [6, 6.07) is 25.1. The van der Waals surface area contributed by atoms with E-state index in [1.807, 2.05) is 48.5 Å². The zero-order valence-electron chi connectivity index (χ0n) is 15.4. The third kappa shape index (κ3) is 2.82. The fraction of sp³-hybridized carbons (Fsp3) is 0. The van der Waals surface area contributed by atoms with Crippen molar-refractivity contribution in [3.05, 3.63) is 108 Å². The largest absolute Gasteiger partial charge is 0.507 e. The molecule has 1 N–H and O–H groups in total. The molecule has 0 atom stereocenters. The lowest BCUT2D eigenvalue weighted by molar-refractivity contribution is -0.108. The molecule has 3 aromatic carbocycles. The molecule has 1 aliphatic heterocycles. The van der Waals surface area contributed by atoms with E-state index in [9.17, 15) is 9.90 Å². The number of aromatic hydroxyl groups is 1. The van der Waals surface area contributed by atoms with E-state index in [-0.39, 0.29) is 11.5 Å². The van der Waals surface area contributed by atoms with Gasteiger partial charge in [-0.05, 0) is 46.5 Å². The van der Waals surface area contributed by atoms with Crippen LogP contribution in [0.4, 0.5) is 0 Å². The van der Waals surface area contributed by atoms with Crippen LogP contribution in [0.5, 0.6) is 5.75 Å². The Hall–Kier alpha value is -4.05. The Bertz CT molecular complexity index is 1260. The Morgan fingerprint density at radius 1 is 0.621 bits per heavy atom. The van der Waals surface area contributed by atoms with Crippen LogP contribution >= 0.6 is 0 Å². The van der Waals surface area contributed by atoms with Gasteiger partial charge in [0.05, 0.1) is 0 Å². The smallest absolute Gasteiger partial charge is 0.206 e. The maximum atomic E-state index is 12.5. The van der Waals surface area contributed by atoms with Crippen molar-refractivity contribution in [1.29, 1.82) is 0 Å². The first-order chi connectivity index (χ1) is 14.2. The molecule has 5 rings (SSSR count). The number of hydrogen-bond donors (Lipinski definition) is 1. The average molecular weight is 376 g/mol. The summed E-state index contributed by atoms with van der Waals surface area (Å²) in [4.78, 5) is 12.5. The van der Waals surface area contributed by atoms with Crippen LogP contribution in [0.25, 0.3) is 16.7 Å². The highest BCUT2D eigenvalue weighted by Crippen LogP contribution is 2.37. The maximum Gasteiger partial charge on any atom is 0.206 e. The molecule has 4 nitrogen and oxygen atoms in total. The topological polar surface area (TPSA) is 62.0 Å². The number of allylic oxidation sites excluding steroid dienone is 4. The van der Waals surface area contributed by atoms with Crippen molar-refractivity contribution in [3.63, 3.8) is 0 Å². The van der Waals surface area contributed by atoms with Gasteiger partial charge in [0.15, 0.2) is 0 Å². The molecule has 3 aromatic rings. The van der Waals surface area contributed by atoms with E-state index in [0.717, 1.165) is 22.3 Å². The molecule has 1 heterocycles. The number of carbonyl (C=O) groups is 1. The van der Waals surface area contributed by atoms with Gasteiger partial charge < -0.3 is 5.11 Å². The minimum Gasteiger partial charge on any atom is -0.507 e. The van der Waals surface area contributed by atoms with E-state index in [4.69, 9.17) is 0 Å². The molecule has 0 spiro atoms. The van der Waals surface area contributed by atoms with Gasteiger partial charge in [-0.1, -0.05) is 66.7 Å². The number of phenols is 1. The molecule has 0 saturated carbocycles. The molecule has 0 fully saturated rings. The Labute approximate surface area is 167 Å². The third-order valence-electron chi connectivity index (χ3n) is 5.09. The highest BCUT2D eigenvalue weighted by atomic mass is 16.3. The summed E-state index contributed by atoms with van der Waals surface area (Å²) >= 11 is 0. The molecule has 1 aliphatic carbocycles. The lowest BCUT2D eigenvalue weighted by Crippen LogP contribution is -2.21. The summed E-state index contributed by atoms with van der Waals surface area (Å²) in [5.74, 6) is -0.0805. The van der Waals surface area contributed by atoms with Gasteiger partial charge in [-0.15, -0.1) is 10.2 Å². The predicted octanol–water partition coefficient (Wildman–Crippen LogP) is 4.81. The number of carbonyl (C=O) groups excluding carboxylic acids is 1. The Balaban J connectivity index is 1.76. The van der Waals surface area contributed by atoms with Gasteiger partial charge in [0.2, 0.25) is 5.78 Å². The molecule has 2 aliphatic rings. The lowest BCUT2D eigenvalue weighted by atomic mass is 9.83. The van der Waals surface area contributed by atoms with Crippen molar-refractivity contribution in [2.75, 3.05) is 0 Å². The van der Waals surface area contributed by atoms with Crippen molar-refractivity contribution in [2.45, 2.75) is 0 Å².